The van der Waals surface area contributed by atoms with Gasteiger partial charge >= 0.3 is 0 Å². The quantitative estimate of drug-likeness (QED) is 0.770. The van der Waals surface area contributed by atoms with Crippen LogP contribution in [-0.2, 0) is 16.4 Å². The lowest BCUT2D eigenvalue weighted by Crippen LogP contribution is -2.47. The van der Waals surface area contributed by atoms with Gasteiger partial charge in [0.1, 0.15) is 0 Å². The number of aryl methyl sites for hydroxylation is 2. The number of nitrogens with zero attached hydrogens (tertiary/aromatic N) is 3. The Labute approximate surface area is 186 Å². The Kier molecular flexibility index (Phi) is 6.03. The molecular formula is C24H33N3O3S. The van der Waals surface area contributed by atoms with Gasteiger partial charge in [0.15, 0.2) is 0 Å². The molecule has 1 fully saturated rings. The molecule has 2 atom stereocenters. The van der Waals surface area contributed by atoms with Crippen LogP contribution in [-0.4, -0.2) is 63.4 Å². The first-order chi connectivity index (χ1) is 14.6. The molecule has 2 heterocycles. The van der Waals surface area contributed by atoms with Gasteiger partial charge in [-0.15, -0.1) is 0 Å². The third-order valence-electron chi connectivity index (χ3n) is 6.51. The van der Waals surface area contributed by atoms with Crippen molar-refractivity contribution in [1.82, 2.24) is 4.90 Å². The Bertz CT molecular complexity index is 1060. The molecule has 7 heteroatoms. The highest BCUT2D eigenvalue weighted by atomic mass is 32.2. The van der Waals surface area contributed by atoms with Crippen LogP contribution >= 0.6 is 0 Å². The van der Waals surface area contributed by atoms with Crippen LogP contribution in [0.1, 0.15) is 35.3 Å². The van der Waals surface area contributed by atoms with E-state index in [-0.39, 0.29) is 6.04 Å². The molecule has 0 saturated carbocycles. The monoisotopic (exact) mass is 443 g/mol. The summed E-state index contributed by atoms with van der Waals surface area (Å²) in [6.45, 7) is 10.5. The molecule has 2 aliphatic heterocycles. The summed E-state index contributed by atoms with van der Waals surface area (Å²) in [5.74, 6) is 0. The summed E-state index contributed by atoms with van der Waals surface area (Å²) >= 11 is 0. The molecule has 2 aliphatic rings. The minimum absolute atomic E-state index is 0.0875. The lowest BCUT2D eigenvalue weighted by molar-refractivity contribution is 0.109. The minimum Gasteiger partial charge on any atom is -0.387 e. The average Bonchev–Trinajstić information content (AvgIpc) is 3.05. The molecule has 1 N–H and O–H groups in total. The van der Waals surface area contributed by atoms with E-state index in [1.165, 1.54) is 27.4 Å². The van der Waals surface area contributed by atoms with Crippen molar-refractivity contribution in [1.29, 1.82) is 0 Å². The Balaban J connectivity index is 1.39. The van der Waals surface area contributed by atoms with Gasteiger partial charge in [-0.2, -0.15) is 0 Å². The number of aliphatic hydroxyl groups excluding tert-OH is 1. The molecule has 0 aromatic heterocycles. The summed E-state index contributed by atoms with van der Waals surface area (Å²) in [6, 6.07) is 12.2. The topological polar surface area (TPSA) is 64.1 Å². The third-order valence-corrected chi connectivity index (χ3v) is 7.78. The molecule has 2 aromatic rings. The van der Waals surface area contributed by atoms with Gasteiger partial charge in [0.2, 0.25) is 10.0 Å². The number of sulfonamides is 1. The first-order valence-corrected chi connectivity index (χ1v) is 12.8. The summed E-state index contributed by atoms with van der Waals surface area (Å²) in [5.41, 5.74) is 6.48. The highest BCUT2D eigenvalue weighted by Crippen LogP contribution is 2.36. The predicted molar refractivity (Wildman–Crippen MR) is 126 cm³/mol. The highest BCUT2D eigenvalue weighted by molar-refractivity contribution is 7.92. The predicted octanol–water partition coefficient (Wildman–Crippen LogP) is 2.87. The Morgan fingerprint density at radius 2 is 1.74 bits per heavy atom. The second kappa shape index (κ2) is 8.45. The number of aliphatic hydroxyl groups is 1. The maximum Gasteiger partial charge on any atom is 0.232 e. The van der Waals surface area contributed by atoms with Crippen LogP contribution < -0.4 is 9.21 Å². The molecule has 2 aromatic carbocycles. The molecule has 4 rings (SSSR count). The number of fused-ring (bicyclic) bond motifs is 1. The molecule has 0 amide bonds. The lowest BCUT2D eigenvalue weighted by Gasteiger charge is -2.37. The minimum atomic E-state index is -3.30. The van der Waals surface area contributed by atoms with E-state index in [9.17, 15) is 13.5 Å². The molecule has 0 bridgehead atoms. The zero-order valence-corrected chi connectivity index (χ0v) is 19.7. The van der Waals surface area contributed by atoms with Gasteiger partial charge in [-0.25, -0.2) is 8.42 Å². The van der Waals surface area contributed by atoms with E-state index in [4.69, 9.17) is 0 Å². The standard InChI is InChI=1S/C24H33N3O3S/c1-17-5-6-18(2)23(13-17)26-11-9-25(10-12-26)16-24(28)20-7-8-22-21(15-20)14-19(3)27(22)31(4,29)30/h5-8,13,15,19,24,28H,9-12,14,16H2,1-4H3/t19-,24+/m0/s1. The van der Waals surface area contributed by atoms with Crippen LogP contribution in [0.5, 0.6) is 0 Å². The molecule has 31 heavy (non-hydrogen) atoms. The summed E-state index contributed by atoms with van der Waals surface area (Å²) in [6.07, 6.45) is 1.34. The third kappa shape index (κ3) is 4.59. The van der Waals surface area contributed by atoms with Crippen molar-refractivity contribution in [2.75, 3.05) is 48.2 Å². The fraction of sp³-hybridized carbons (Fsp3) is 0.500. The first kappa shape index (κ1) is 22.1. The number of anilines is 2. The summed E-state index contributed by atoms with van der Waals surface area (Å²) in [4.78, 5) is 4.74. The van der Waals surface area contributed by atoms with Gasteiger partial charge in [0.05, 0.1) is 18.0 Å². The first-order valence-electron chi connectivity index (χ1n) is 11.0. The smallest absolute Gasteiger partial charge is 0.232 e. The molecule has 1 saturated heterocycles. The Morgan fingerprint density at radius 1 is 1.03 bits per heavy atom. The molecule has 0 unspecified atom stereocenters. The van der Waals surface area contributed by atoms with E-state index in [0.29, 0.717) is 13.0 Å². The molecule has 6 nitrogen and oxygen atoms in total. The van der Waals surface area contributed by atoms with Crippen LogP contribution in [0.2, 0.25) is 0 Å². The SMILES string of the molecule is Cc1ccc(C)c(N2CCN(C[C@@H](O)c3ccc4c(c3)C[C@H](C)N4S(C)(=O)=O)CC2)c1. The van der Waals surface area contributed by atoms with Crippen molar-refractivity contribution in [2.24, 2.45) is 0 Å². The lowest BCUT2D eigenvalue weighted by atomic mass is 10.0. The molecular weight excluding hydrogens is 410 g/mol. The largest absolute Gasteiger partial charge is 0.387 e. The van der Waals surface area contributed by atoms with E-state index < -0.39 is 16.1 Å². The van der Waals surface area contributed by atoms with Gasteiger partial charge in [-0.05, 0) is 61.6 Å². The van der Waals surface area contributed by atoms with Gasteiger partial charge in [0, 0.05) is 44.5 Å². The van der Waals surface area contributed by atoms with Crippen LogP contribution in [0.3, 0.4) is 0 Å². The normalized spacial score (nSPS) is 20.7. The number of rotatable bonds is 5. The van der Waals surface area contributed by atoms with Crippen molar-refractivity contribution >= 4 is 21.4 Å². The van der Waals surface area contributed by atoms with E-state index in [2.05, 4.69) is 41.8 Å². The number of piperazine rings is 1. The van der Waals surface area contributed by atoms with Gasteiger partial charge in [-0.1, -0.05) is 24.3 Å². The number of hydrogen-bond donors (Lipinski definition) is 1. The summed E-state index contributed by atoms with van der Waals surface area (Å²) in [5, 5.41) is 10.9. The van der Waals surface area contributed by atoms with E-state index in [1.807, 2.05) is 25.1 Å². The maximum atomic E-state index is 12.1. The van der Waals surface area contributed by atoms with E-state index in [1.54, 1.807) is 0 Å². The van der Waals surface area contributed by atoms with E-state index in [0.717, 1.165) is 43.0 Å². The number of β-amino-alcohol motifs (C(OH)–C–C–N with tert-alkyl or cyclic N) is 1. The Hall–Kier alpha value is -2.09. The zero-order valence-electron chi connectivity index (χ0n) is 18.9. The van der Waals surface area contributed by atoms with Crippen molar-refractivity contribution in [3.63, 3.8) is 0 Å². The number of benzene rings is 2. The van der Waals surface area contributed by atoms with Gasteiger partial charge < -0.3 is 10.0 Å². The molecule has 0 radical (unpaired) electrons. The summed E-state index contributed by atoms with van der Waals surface area (Å²) in [7, 11) is -3.30. The van der Waals surface area contributed by atoms with Gasteiger partial charge in [0.25, 0.3) is 0 Å². The van der Waals surface area contributed by atoms with Crippen molar-refractivity contribution in [2.45, 2.75) is 39.3 Å². The molecule has 0 spiro atoms. The van der Waals surface area contributed by atoms with E-state index >= 15 is 0 Å². The van der Waals surface area contributed by atoms with Crippen molar-refractivity contribution < 1.29 is 13.5 Å². The fourth-order valence-corrected chi connectivity index (χ4v) is 6.18. The van der Waals surface area contributed by atoms with Crippen LogP contribution in [0.25, 0.3) is 0 Å². The fourth-order valence-electron chi connectivity index (χ4n) is 4.92. The van der Waals surface area contributed by atoms with Gasteiger partial charge in [-0.3, -0.25) is 9.21 Å². The van der Waals surface area contributed by atoms with Crippen LogP contribution in [0.15, 0.2) is 36.4 Å². The average molecular weight is 444 g/mol. The second-order valence-electron chi connectivity index (χ2n) is 9.09. The Morgan fingerprint density at radius 3 is 2.42 bits per heavy atom. The molecule has 0 aliphatic carbocycles. The maximum absolute atomic E-state index is 12.1. The highest BCUT2D eigenvalue weighted by Gasteiger charge is 2.33. The molecule has 168 valence electrons. The second-order valence-corrected chi connectivity index (χ2v) is 11.0. The van der Waals surface area contributed by atoms with Crippen molar-refractivity contribution in [3.8, 4) is 0 Å². The van der Waals surface area contributed by atoms with Crippen molar-refractivity contribution in [3.05, 3.63) is 58.7 Å². The number of hydrogen-bond acceptors (Lipinski definition) is 5. The summed E-state index contributed by atoms with van der Waals surface area (Å²) < 4.78 is 25.7. The van der Waals surface area contributed by atoms with Crippen LogP contribution in [0, 0.1) is 13.8 Å². The zero-order chi connectivity index (χ0) is 22.3. The van der Waals surface area contributed by atoms with Crippen LogP contribution in [0.4, 0.5) is 11.4 Å².